The van der Waals surface area contributed by atoms with Crippen LogP contribution in [0.4, 0.5) is 0 Å². The van der Waals surface area contributed by atoms with Crippen LogP contribution in [0.3, 0.4) is 0 Å². The second kappa shape index (κ2) is 7.20. The molecule has 0 radical (unpaired) electrons. The SMILES string of the molecule is NC(=O)c1ccc2ccn(C3CCCCC3CN3CCCCC3)c2c1. The molecule has 1 aromatic carbocycles. The number of amides is 1. The molecule has 2 N–H and O–H groups in total. The Morgan fingerprint density at radius 1 is 1.04 bits per heavy atom. The van der Waals surface area contributed by atoms with Crippen molar-refractivity contribution in [1.29, 1.82) is 0 Å². The second-order valence-corrected chi connectivity index (χ2v) is 7.83. The molecule has 2 fully saturated rings. The van der Waals surface area contributed by atoms with E-state index in [2.05, 4.69) is 21.7 Å². The molecule has 1 amide bonds. The van der Waals surface area contributed by atoms with Gasteiger partial charge in [-0.2, -0.15) is 0 Å². The zero-order chi connectivity index (χ0) is 17.2. The number of piperidine rings is 1. The van der Waals surface area contributed by atoms with Crippen molar-refractivity contribution in [2.75, 3.05) is 19.6 Å². The van der Waals surface area contributed by atoms with Crippen molar-refractivity contribution in [3.63, 3.8) is 0 Å². The van der Waals surface area contributed by atoms with Crippen LogP contribution in [0.25, 0.3) is 10.9 Å². The zero-order valence-corrected chi connectivity index (χ0v) is 15.0. The molecule has 0 bridgehead atoms. The van der Waals surface area contributed by atoms with Gasteiger partial charge in [-0.05, 0) is 68.3 Å². The first-order chi connectivity index (χ1) is 12.2. The summed E-state index contributed by atoms with van der Waals surface area (Å²) in [5.41, 5.74) is 7.26. The largest absolute Gasteiger partial charge is 0.366 e. The summed E-state index contributed by atoms with van der Waals surface area (Å²) in [6, 6.07) is 8.54. The van der Waals surface area contributed by atoms with Crippen LogP contribution >= 0.6 is 0 Å². The number of primary amides is 1. The van der Waals surface area contributed by atoms with Gasteiger partial charge in [-0.1, -0.05) is 25.3 Å². The van der Waals surface area contributed by atoms with E-state index >= 15 is 0 Å². The number of rotatable bonds is 4. The Morgan fingerprint density at radius 2 is 1.84 bits per heavy atom. The molecule has 2 aliphatic rings. The monoisotopic (exact) mass is 339 g/mol. The number of benzene rings is 1. The minimum Gasteiger partial charge on any atom is -0.366 e. The minimum absolute atomic E-state index is 0.344. The molecule has 2 unspecified atom stereocenters. The summed E-state index contributed by atoms with van der Waals surface area (Å²) in [5.74, 6) is 0.364. The molecule has 4 nitrogen and oxygen atoms in total. The third-order valence-electron chi connectivity index (χ3n) is 6.18. The first-order valence-electron chi connectivity index (χ1n) is 9.85. The predicted octanol–water partition coefficient (Wildman–Crippen LogP) is 3.96. The molecule has 0 spiro atoms. The molecule has 1 aromatic heterocycles. The van der Waals surface area contributed by atoms with Crippen molar-refractivity contribution >= 4 is 16.8 Å². The van der Waals surface area contributed by atoms with Gasteiger partial charge in [0.25, 0.3) is 0 Å². The van der Waals surface area contributed by atoms with Gasteiger partial charge in [-0.15, -0.1) is 0 Å². The molecule has 1 saturated carbocycles. The van der Waals surface area contributed by atoms with Crippen LogP contribution < -0.4 is 5.73 Å². The van der Waals surface area contributed by atoms with Crippen molar-refractivity contribution in [3.05, 3.63) is 36.0 Å². The molecule has 1 aliphatic heterocycles. The maximum atomic E-state index is 11.6. The van der Waals surface area contributed by atoms with E-state index in [1.807, 2.05) is 18.2 Å². The van der Waals surface area contributed by atoms with E-state index in [0.29, 0.717) is 17.5 Å². The van der Waals surface area contributed by atoms with Gasteiger partial charge >= 0.3 is 0 Å². The first-order valence-corrected chi connectivity index (χ1v) is 9.85. The molecule has 1 aliphatic carbocycles. The number of nitrogens with two attached hydrogens (primary N) is 1. The fourth-order valence-electron chi connectivity index (χ4n) is 4.83. The Morgan fingerprint density at radius 3 is 2.64 bits per heavy atom. The fraction of sp³-hybridized carbons (Fsp3) is 0.571. The van der Waals surface area contributed by atoms with Gasteiger partial charge in [0.05, 0.1) is 0 Å². The lowest BCUT2D eigenvalue weighted by Crippen LogP contribution is -2.38. The van der Waals surface area contributed by atoms with E-state index in [0.717, 1.165) is 5.52 Å². The number of carbonyl (C=O) groups excluding carboxylic acids is 1. The predicted molar refractivity (Wildman–Crippen MR) is 102 cm³/mol. The maximum absolute atomic E-state index is 11.6. The number of hydrogen-bond donors (Lipinski definition) is 1. The summed E-state index contributed by atoms with van der Waals surface area (Å²) >= 11 is 0. The van der Waals surface area contributed by atoms with Crippen molar-refractivity contribution < 1.29 is 4.79 Å². The van der Waals surface area contributed by atoms with E-state index in [-0.39, 0.29) is 5.91 Å². The molecule has 2 atom stereocenters. The summed E-state index contributed by atoms with van der Waals surface area (Å²) < 4.78 is 2.43. The van der Waals surface area contributed by atoms with Crippen LogP contribution in [-0.4, -0.2) is 35.0 Å². The fourth-order valence-corrected chi connectivity index (χ4v) is 4.83. The third kappa shape index (κ3) is 3.45. The summed E-state index contributed by atoms with van der Waals surface area (Å²) in [6.45, 7) is 3.75. The van der Waals surface area contributed by atoms with Crippen molar-refractivity contribution in [3.8, 4) is 0 Å². The molecule has 4 heteroatoms. The van der Waals surface area contributed by atoms with Gasteiger partial charge in [0, 0.05) is 29.9 Å². The number of likely N-dealkylation sites (tertiary alicyclic amines) is 1. The van der Waals surface area contributed by atoms with Gasteiger partial charge in [-0.3, -0.25) is 4.79 Å². The van der Waals surface area contributed by atoms with Crippen LogP contribution in [0, 0.1) is 5.92 Å². The number of fused-ring (bicyclic) bond motifs is 1. The smallest absolute Gasteiger partial charge is 0.248 e. The van der Waals surface area contributed by atoms with E-state index in [9.17, 15) is 4.79 Å². The Balaban J connectivity index is 1.62. The second-order valence-electron chi connectivity index (χ2n) is 7.83. The molecular formula is C21H29N3O. The minimum atomic E-state index is -0.344. The van der Waals surface area contributed by atoms with Crippen LogP contribution in [0.1, 0.15) is 61.3 Å². The van der Waals surface area contributed by atoms with E-state index in [4.69, 9.17) is 5.73 Å². The molecule has 134 valence electrons. The van der Waals surface area contributed by atoms with E-state index < -0.39 is 0 Å². The van der Waals surface area contributed by atoms with Crippen LogP contribution in [-0.2, 0) is 0 Å². The van der Waals surface area contributed by atoms with E-state index in [1.165, 1.54) is 70.0 Å². The average molecular weight is 339 g/mol. The lowest BCUT2D eigenvalue weighted by Gasteiger charge is -2.38. The highest BCUT2D eigenvalue weighted by Crippen LogP contribution is 2.37. The molecular weight excluding hydrogens is 310 g/mol. The van der Waals surface area contributed by atoms with E-state index in [1.54, 1.807) is 0 Å². The summed E-state index contributed by atoms with van der Waals surface area (Å²) in [4.78, 5) is 14.3. The molecule has 1 saturated heterocycles. The molecule has 25 heavy (non-hydrogen) atoms. The Hall–Kier alpha value is -1.81. The Bertz CT molecular complexity index is 745. The standard InChI is InChI=1S/C21H29N3O/c22-21(25)17-9-8-16-10-13-24(20(16)14-17)19-7-3-2-6-18(19)15-23-11-4-1-5-12-23/h8-10,13-14,18-19H,1-7,11-12,15H2,(H2,22,25). The van der Waals surface area contributed by atoms with Crippen LogP contribution in [0.5, 0.6) is 0 Å². The highest BCUT2D eigenvalue weighted by Gasteiger charge is 2.29. The number of hydrogen-bond acceptors (Lipinski definition) is 2. The van der Waals surface area contributed by atoms with Crippen molar-refractivity contribution in [2.24, 2.45) is 11.7 Å². The van der Waals surface area contributed by atoms with Gasteiger partial charge in [0.1, 0.15) is 0 Å². The topological polar surface area (TPSA) is 51.3 Å². The molecule has 2 heterocycles. The van der Waals surface area contributed by atoms with Crippen LogP contribution in [0.15, 0.2) is 30.5 Å². The first kappa shape index (κ1) is 16.6. The normalized spacial score (nSPS) is 25.3. The van der Waals surface area contributed by atoms with Gasteiger partial charge < -0.3 is 15.2 Å². The maximum Gasteiger partial charge on any atom is 0.248 e. The third-order valence-corrected chi connectivity index (χ3v) is 6.18. The number of carbonyl (C=O) groups is 1. The Labute approximate surface area is 150 Å². The summed E-state index contributed by atoms with van der Waals surface area (Å²) in [5, 5.41) is 1.20. The quantitative estimate of drug-likeness (QED) is 0.917. The lowest BCUT2D eigenvalue weighted by atomic mass is 9.83. The highest BCUT2D eigenvalue weighted by molar-refractivity contribution is 5.97. The van der Waals surface area contributed by atoms with Crippen molar-refractivity contribution in [1.82, 2.24) is 9.47 Å². The average Bonchev–Trinajstić information content (AvgIpc) is 3.06. The van der Waals surface area contributed by atoms with Gasteiger partial charge in [0.2, 0.25) is 5.91 Å². The number of nitrogens with zero attached hydrogens (tertiary/aromatic N) is 2. The highest BCUT2D eigenvalue weighted by atomic mass is 16.1. The number of aromatic nitrogens is 1. The van der Waals surface area contributed by atoms with Gasteiger partial charge in [-0.25, -0.2) is 0 Å². The molecule has 4 rings (SSSR count). The lowest BCUT2D eigenvalue weighted by molar-refractivity contribution is 0.100. The van der Waals surface area contributed by atoms with Crippen LogP contribution in [0.2, 0.25) is 0 Å². The van der Waals surface area contributed by atoms with Crippen molar-refractivity contribution in [2.45, 2.75) is 51.0 Å². The van der Waals surface area contributed by atoms with Gasteiger partial charge in [0.15, 0.2) is 0 Å². The summed E-state index contributed by atoms with van der Waals surface area (Å²) in [7, 11) is 0. The molecule has 2 aromatic rings. The Kier molecular flexibility index (Phi) is 4.80. The summed E-state index contributed by atoms with van der Waals surface area (Å²) in [6.07, 6.45) is 11.5. The zero-order valence-electron chi connectivity index (χ0n) is 15.0.